The Morgan fingerprint density at radius 1 is 1.00 bits per heavy atom. The summed E-state index contributed by atoms with van der Waals surface area (Å²) >= 11 is 0. The van der Waals surface area contributed by atoms with Gasteiger partial charge in [0.05, 0.1) is 11.3 Å². The number of aliphatic hydroxyl groups is 1. The number of ether oxygens (including phenoxy) is 2. The molecule has 0 radical (unpaired) electrons. The van der Waals surface area contributed by atoms with Gasteiger partial charge in [0.1, 0.15) is 11.7 Å². The monoisotopic (exact) mass is 480 g/mol. The van der Waals surface area contributed by atoms with Gasteiger partial charge in [-0.2, -0.15) is 13.2 Å². The van der Waals surface area contributed by atoms with Gasteiger partial charge in [-0.3, -0.25) is 9.59 Å². The van der Waals surface area contributed by atoms with Crippen molar-refractivity contribution in [1.29, 1.82) is 0 Å². The number of alkyl halides is 3. The zero-order chi connectivity index (χ0) is 25.8. The first-order valence-electron chi connectivity index (χ1n) is 12.1. The summed E-state index contributed by atoms with van der Waals surface area (Å²) in [5.74, 6) is 0.695. The Labute approximate surface area is 196 Å². The maximum Gasteiger partial charge on any atom is 0.416 e. The Hall–Kier alpha value is -1.31. The third-order valence-electron chi connectivity index (χ3n) is 6.77. The molecule has 1 N–H and O–H groups in total. The highest BCUT2D eigenvalue weighted by atomic mass is 19.4. The van der Waals surface area contributed by atoms with E-state index >= 15 is 0 Å². The van der Waals surface area contributed by atoms with E-state index in [1.165, 1.54) is 26.2 Å². The molecular formula is C25H43F3O5. The number of esters is 2. The quantitative estimate of drug-likeness (QED) is 0.439. The summed E-state index contributed by atoms with van der Waals surface area (Å²) in [5.41, 5.74) is -3.73. The molecule has 0 aromatic rings. The number of fused-ring (bicyclic) bond motifs is 2. The van der Waals surface area contributed by atoms with Crippen LogP contribution in [-0.2, 0) is 19.1 Å². The van der Waals surface area contributed by atoms with Crippen LogP contribution in [0.4, 0.5) is 13.2 Å². The molecule has 0 saturated heterocycles. The molecule has 0 aliphatic heterocycles. The highest BCUT2D eigenvalue weighted by Gasteiger charge is 2.48. The van der Waals surface area contributed by atoms with Crippen LogP contribution in [0.5, 0.6) is 0 Å². The minimum absolute atomic E-state index is 0.106. The summed E-state index contributed by atoms with van der Waals surface area (Å²) in [5, 5.41) is 8.53. The molecular weight excluding hydrogens is 437 g/mol. The molecule has 5 unspecified atom stereocenters. The predicted molar refractivity (Wildman–Crippen MR) is 120 cm³/mol. The first-order chi connectivity index (χ1) is 14.8. The highest BCUT2D eigenvalue weighted by molar-refractivity contribution is 5.78. The van der Waals surface area contributed by atoms with E-state index in [0.29, 0.717) is 18.8 Å². The molecule has 194 valence electrons. The zero-order valence-electron chi connectivity index (χ0n) is 21.5. The van der Waals surface area contributed by atoms with E-state index in [1.54, 1.807) is 0 Å². The first-order valence-corrected chi connectivity index (χ1v) is 12.1. The SMILES string of the molecule is CCC(C)(O)C(F)(F)F.CCC(CC(C)(C)C(=O)OC(C)(C)C)C(=O)OC1CC2CCC1C2. The molecule has 0 heterocycles. The van der Waals surface area contributed by atoms with Crippen LogP contribution in [0.15, 0.2) is 0 Å². The molecule has 2 bridgehead atoms. The Morgan fingerprint density at radius 3 is 1.91 bits per heavy atom. The molecule has 2 aliphatic carbocycles. The molecule has 0 amide bonds. The second-order valence-electron chi connectivity index (χ2n) is 11.5. The van der Waals surface area contributed by atoms with Crippen LogP contribution >= 0.6 is 0 Å². The smallest absolute Gasteiger partial charge is 0.416 e. The summed E-state index contributed by atoms with van der Waals surface area (Å²) in [6.07, 6.45) is 1.20. The minimum Gasteiger partial charge on any atom is -0.462 e. The number of rotatable bonds is 7. The summed E-state index contributed by atoms with van der Waals surface area (Å²) in [6.45, 7) is 13.3. The second-order valence-corrected chi connectivity index (χ2v) is 11.5. The van der Waals surface area contributed by atoms with Crippen LogP contribution in [0.3, 0.4) is 0 Å². The molecule has 2 rings (SSSR count). The molecule has 0 aromatic heterocycles. The number of carbonyl (C=O) groups excluding carboxylic acids is 2. The fourth-order valence-electron chi connectivity index (χ4n) is 4.29. The topological polar surface area (TPSA) is 72.8 Å². The van der Waals surface area contributed by atoms with Crippen LogP contribution in [-0.4, -0.2) is 40.5 Å². The van der Waals surface area contributed by atoms with Crippen molar-refractivity contribution >= 4 is 11.9 Å². The number of hydrogen-bond acceptors (Lipinski definition) is 5. The highest BCUT2D eigenvalue weighted by Crippen LogP contribution is 2.46. The van der Waals surface area contributed by atoms with E-state index < -0.39 is 22.8 Å². The van der Waals surface area contributed by atoms with Crippen molar-refractivity contribution in [2.24, 2.45) is 23.2 Å². The molecule has 5 atom stereocenters. The van der Waals surface area contributed by atoms with Crippen molar-refractivity contribution < 1.29 is 37.3 Å². The van der Waals surface area contributed by atoms with Crippen molar-refractivity contribution in [2.45, 2.75) is 124 Å². The van der Waals surface area contributed by atoms with Gasteiger partial charge in [-0.15, -0.1) is 0 Å². The van der Waals surface area contributed by atoms with E-state index in [-0.39, 0.29) is 30.4 Å². The Balaban J connectivity index is 0.000000513. The van der Waals surface area contributed by atoms with Gasteiger partial charge in [0.25, 0.3) is 0 Å². The molecule has 5 nitrogen and oxygen atoms in total. The second kappa shape index (κ2) is 11.0. The fraction of sp³-hybridized carbons (Fsp3) is 0.920. The number of carbonyl (C=O) groups is 2. The van der Waals surface area contributed by atoms with Gasteiger partial charge in [-0.1, -0.05) is 13.8 Å². The van der Waals surface area contributed by atoms with Crippen LogP contribution in [0.2, 0.25) is 0 Å². The van der Waals surface area contributed by atoms with E-state index in [2.05, 4.69) is 0 Å². The third kappa shape index (κ3) is 8.76. The molecule has 8 heteroatoms. The maximum atomic E-state index is 12.6. The van der Waals surface area contributed by atoms with Crippen molar-refractivity contribution in [2.75, 3.05) is 0 Å². The fourth-order valence-corrected chi connectivity index (χ4v) is 4.29. The summed E-state index contributed by atoms with van der Waals surface area (Å²) in [6, 6.07) is 0. The third-order valence-corrected chi connectivity index (χ3v) is 6.77. The summed E-state index contributed by atoms with van der Waals surface area (Å²) < 4.78 is 46.1. The molecule has 2 saturated carbocycles. The maximum absolute atomic E-state index is 12.6. The Kier molecular flexibility index (Phi) is 9.87. The first kappa shape index (κ1) is 29.7. The zero-order valence-corrected chi connectivity index (χ0v) is 21.5. The van der Waals surface area contributed by atoms with Crippen molar-refractivity contribution in [3.63, 3.8) is 0 Å². The lowest BCUT2D eigenvalue weighted by Crippen LogP contribution is -2.41. The van der Waals surface area contributed by atoms with Gasteiger partial charge >= 0.3 is 18.1 Å². The standard InChI is InChI=1S/C20H34O4.C5H9F3O/c1-7-14(12-20(5,6)18(22)24-19(2,3)4)17(21)23-16-11-13-8-9-15(16)10-13;1-3-4(2,9)5(6,7)8/h13-16H,7-12H2,1-6H3;9H,3H2,1-2H3. The van der Waals surface area contributed by atoms with E-state index in [9.17, 15) is 22.8 Å². The Bertz CT molecular complexity index is 664. The van der Waals surface area contributed by atoms with Crippen LogP contribution in [0, 0.1) is 23.2 Å². The van der Waals surface area contributed by atoms with Crippen molar-refractivity contribution in [3.05, 3.63) is 0 Å². The van der Waals surface area contributed by atoms with Gasteiger partial charge in [-0.05, 0) is 98.3 Å². The van der Waals surface area contributed by atoms with Gasteiger partial charge in [0, 0.05) is 0 Å². The van der Waals surface area contributed by atoms with Crippen LogP contribution in [0.1, 0.15) is 100 Å². The minimum atomic E-state index is -4.50. The van der Waals surface area contributed by atoms with E-state index in [4.69, 9.17) is 14.6 Å². The van der Waals surface area contributed by atoms with E-state index in [0.717, 1.165) is 19.3 Å². The predicted octanol–water partition coefficient (Wildman–Crippen LogP) is 6.21. The largest absolute Gasteiger partial charge is 0.462 e. The number of hydrogen-bond donors (Lipinski definition) is 1. The average Bonchev–Trinajstić information content (AvgIpc) is 3.27. The van der Waals surface area contributed by atoms with Crippen molar-refractivity contribution in [3.8, 4) is 0 Å². The van der Waals surface area contributed by atoms with Gasteiger partial charge in [-0.25, -0.2) is 0 Å². The van der Waals surface area contributed by atoms with Gasteiger partial charge in [0.15, 0.2) is 5.60 Å². The van der Waals surface area contributed by atoms with Gasteiger partial charge in [0.2, 0.25) is 0 Å². The average molecular weight is 481 g/mol. The summed E-state index contributed by atoms with van der Waals surface area (Å²) in [7, 11) is 0. The number of halogens is 3. The lowest BCUT2D eigenvalue weighted by molar-refractivity contribution is -0.253. The van der Waals surface area contributed by atoms with Crippen molar-refractivity contribution in [1.82, 2.24) is 0 Å². The lowest BCUT2D eigenvalue weighted by atomic mass is 9.81. The summed E-state index contributed by atoms with van der Waals surface area (Å²) in [4.78, 5) is 25.0. The Morgan fingerprint density at radius 2 is 1.58 bits per heavy atom. The molecule has 2 aliphatic rings. The molecule has 0 aromatic carbocycles. The van der Waals surface area contributed by atoms with Crippen LogP contribution in [0.25, 0.3) is 0 Å². The van der Waals surface area contributed by atoms with Gasteiger partial charge < -0.3 is 14.6 Å². The molecule has 0 spiro atoms. The van der Waals surface area contributed by atoms with E-state index in [1.807, 2.05) is 41.5 Å². The molecule has 33 heavy (non-hydrogen) atoms. The lowest BCUT2D eigenvalue weighted by Gasteiger charge is -2.31. The normalized spacial score (nSPS) is 25.5. The van der Waals surface area contributed by atoms with Crippen LogP contribution < -0.4 is 0 Å². The molecule has 2 fully saturated rings.